The fraction of sp³-hybridized carbons (Fsp3) is 0.444. The lowest BCUT2D eigenvalue weighted by molar-refractivity contribution is 0.102. The lowest BCUT2D eigenvalue weighted by Gasteiger charge is -2.19. The van der Waals surface area contributed by atoms with Crippen molar-refractivity contribution in [3.8, 4) is 6.07 Å². The maximum absolute atomic E-state index is 12.4. The molecule has 24 heavy (non-hydrogen) atoms. The molecule has 0 bridgehead atoms. The number of carbonyl (C=O) groups excluding carboxylic acids is 1. The Morgan fingerprint density at radius 3 is 3.00 bits per heavy atom. The number of hydrogen-bond donors (Lipinski definition) is 1. The van der Waals surface area contributed by atoms with E-state index in [1.807, 2.05) is 0 Å². The molecule has 1 atom stereocenters. The van der Waals surface area contributed by atoms with Crippen LogP contribution >= 0.6 is 11.3 Å². The Morgan fingerprint density at radius 1 is 1.46 bits per heavy atom. The zero-order chi connectivity index (χ0) is 17.1. The largest absolute Gasteiger partial charge is 0.296 e. The zero-order valence-electron chi connectivity index (χ0n) is 13.9. The van der Waals surface area contributed by atoms with Crippen LogP contribution in [0.4, 0.5) is 5.13 Å². The first-order chi connectivity index (χ1) is 11.6. The van der Waals surface area contributed by atoms with E-state index in [1.54, 1.807) is 30.4 Å². The van der Waals surface area contributed by atoms with E-state index in [4.69, 9.17) is 5.26 Å². The minimum Gasteiger partial charge on any atom is -0.296 e. The third-order valence-electron chi connectivity index (χ3n) is 4.40. The predicted molar refractivity (Wildman–Crippen MR) is 94.2 cm³/mol. The lowest BCUT2D eigenvalue weighted by atomic mass is 9.88. The molecule has 1 unspecified atom stereocenters. The van der Waals surface area contributed by atoms with Crippen LogP contribution < -0.4 is 5.32 Å². The molecule has 1 amide bonds. The Bertz CT molecular complexity index is 806. The molecule has 2 aromatic heterocycles. The molecule has 0 spiro atoms. The maximum Gasteiger partial charge on any atom is 0.276 e. The zero-order valence-corrected chi connectivity index (χ0v) is 14.7. The van der Waals surface area contributed by atoms with Gasteiger partial charge in [-0.05, 0) is 44.2 Å². The van der Waals surface area contributed by atoms with E-state index in [0.717, 1.165) is 24.5 Å². The monoisotopic (exact) mass is 340 g/mol. The fourth-order valence-corrected chi connectivity index (χ4v) is 4.24. The van der Waals surface area contributed by atoms with Gasteiger partial charge in [-0.3, -0.25) is 10.1 Å². The number of nitrogens with one attached hydrogen (secondary N) is 1. The minimum absolute atomic E-state index is 0.279. The third kappa shape index (κ3) is 3.46. The highest BCUT2D eigenvalue weighted by molar-refractivity contribution is 7.15. The number of nitriles is 1. The van der Waals surface area contributed by atoms with Gasteiger partial charge in [0.05, 0.1) is 17.0 Å². The summed E-state index contributed by atoms with van der Waals surface area (Å²) < 4.78 is 0. The molecule has 124 valence electrons. The van der Waals surface area contributed by atoms with Gasteiger partial charge in [0, 0.05) is 4.88 Å². The summed E-state index contributed by atoms with van der Waals surface area (Å²) in [5, 5.41) is 12.4. The molecule has 0 radical (unpaired) electrons. The quantitative estimate of drug-likeness (QED) is 0.916. The summed E-state index contributed by atoms with van der Waals surface area (Å²) in [6.45, 7) is 3.95. The summed E-state index contributed by atoms with van der Waals surface area (Å²) in [6, 6.07) is 5.25. The fourth-order valence-electron chi connectivity index (χ4n) is 3.12. The van der Waals surface area contributed by atoms with Crippen molar-refractivity contribution in [3.63, 3.8) is 0 Å². The summed E-state index contributed by atoms with van der Waals surface area (Å²) >= 11 is 1.58. The maximum atomic E-state index is 12.4. The van der Waals surface area contributed by atoms with Gasteiger partial charge in [-0.2, -0.15) is 5.26 Å². The lowest BCUT2D eigenvalue weighted by Crippen LogP contribution is -2.14. The molecule has 2 heterocycles. The summed E-state index contributed by atoms with van der Waals surface area (Å²) in [6.07, 6.45) is 5.74. The Kier molecular flexibility index (Phi) is 4.91. The SMILES string of the molecule is CCCC1CCc2nc(NC(=O)c3ccc(C#N)c(C)n3)sc2C1. The minimum atomic E-state index is -0.279. The molecule has 1 aliphatic rings. The van der Waals surface area contributed by atoms with Gasteiger partial charge in [-0.25, -0.2) is 9.97 Å². The highest BCUT2D eigenvalue weighted by atomic mass is 32.1. The number of thiazole rings is 1. The number of fused-ring (bicyclic) bond motifs is 1. The van der Waals surface area contributed by atoms with Crippen molar-refractivity contribution in [2.45, 2.75) is 46.0 Å². The van der Waals surface area contributed by atoms with E-state index in [9.17, 15) is 4.79 Å². The standard InChI is InChI=1S/C18H20N4OS/c1-3-4-12-5-7-14-16(9-12)24-18(21-14)22-17(23)15-8-6-13(10-19)11(2)20-15/h6,8,12H,3-5,7,9H2,1-2H3,(H,21,22,23). The first-order valence-electron chi connectivity index (χ1n) is 8.28. The number of rotatable bonds is 4. The topological polar surface area (TPSA) is 78.7 Å². The molecule has 5 nitrogen and oxygen atoms in total. The number of carbonyl (C=O) groups is 1. The average molecular weight is 340 g/mol. The van der Waals surface area contributed by atoms with Gasteiger partial charge in [0.15, 0.2) is 5.13 Å². The summed E-state index contributed by atoms with van der Waals surface area (Å²) in [4.78, 5) is 22.4. The molecule has 1 N–H and O–H groups in total. The van der Waals surface area contributed by atoms with Crippen molar-refractivity contribution in [3.05, 3.63) is 39.7 Å². The molecule has 0 fully saturated rings. The van der Waals surface area contributed by atoms with Gasteiger partial charge in [0.2, 0.25) is 0 Å². The van der Waals surface area contributed by atoms with Crippen LogP contribution in [0.25, 0.3) is 0 Å². The Morgan fingerprint density at radius 2 is 2.29 bits per heavy atom. The van der Waals surface area contributed by atoms with Crippen molar-refractivity contribution in [1.82, 2.24) is 9.97 Å². The number of nitrogens with zero attached hydrogens (tertiary/aromatic N) is 3. The highest BCUT2D eigenvalue weighted by Crippen LogP contribution is 2.34. The second kappa shape index (κ2) is 7.10. The second-order valence-electron chi connectivity index (χ2n) is 6.18. The van der Waals surface area contributed by atoms with E-state index < -0.39 is 0 Å². The normalized spacial score (nSPS) is 16.3. The van der Waals surface area contributed by atoms with Crippen LogP contribution in [0.5, 0.6) is 0 Å². The van der Waals surface area contributed by atoms with Crippen LogP contribution in [0, 0.1) is 24.2 Å². The number of amides is 1. The van der Waals surface area contributed by atoms with Crippen molar-refractivity contribution in [1.29, 1.82) is 5.26 Å². The van der Waals surface area contributed by atoms with Gasteiger partial charge < -0.3 is 0 Å². The van der Waals surface area contributed by atoms with Crippen molar-refractivity contribution in [2.24, 2.45) is 5.92 Å². The number of aromatic nitrogens is 2. The number of anilines is 1. The van der Waals surface area contributed by atoms with E-state index >= 15 is 0 Å². The van der Waals surface area contributed by atoms with Crippen molar-refractivity contribution < 1.29 is 4.79 Å². The van der Waals surface area contributed by atoms with Crippen LogP contribution in [0.3, 0.4) is 0 Å². The average Bonchev–Trinajstić information content (AvgIpc) is 2.96. The van der Waals surface area contributed by atoms with Gasteiger partial charge in [-0.1, -0.05) is 19.8 Å². The number of pyridine rings is 1. The molecule has 0 aromatic carbocycles. The molecule has 2 aromatic rings. The molecule has 0 aliphatic heterocycles. The third-order valence-corrected chi connectivity index (χ3v) is 5.43. The predicted octanol–water partition coefficient (Wildman–Crippen LogP) is 3.88. The Labute approximate surface area is 145 Å². The molecule has 0 saturated heterocycles. The van der Waals surface area contributed by atoms with Crippen LogP contribution in [0.2, 0.25) is 0 Å². The molecule has 3 rings (SSSR count). The highest BCUT2D eigenvalue weighted by Gasteiger charge is 2.23. The molecular formula is C18H20N4OS. The molecular weight excluding hydrogens is 320 g/mol. The van der Waals surface area contributed by atoms with E-state index in [1.165, 1.54) is 24.1 Å². The Balaban J connectivity index is 1.72. The van der Waals surface area contributed by atoms with Crippen LogP contribution in [-0.4, -0.2) is 15.9 Å². The van der Waals surface area contributed by atoms with Gasteiger partial charge >= 0.3 is 0 Å². The van der Waals surface area contributed by atoms with Crippen LogP contribution in [-0.2, 0) is 12.8 Å². The van der Waals surface area contributed by atoms with Crippen molar-refractivity contribution >= 4 is 22.4 Å². The smallest absolute Gasteiger partial charge is 0.276 e. The molecule has 1 aliphatic carbocycles. The van der Waals surface area contributed by atoms with Crippen LogP contribution in [0.15, 0.2) is 12.1 Å². The first-order valence-corrected chi connectivity index (χ1v) is 9.10. The second-order valence-corrected chi connectivity index (χ2v) is 7.27. The van der Waals surface area contributed by atoms with Crippen molar-refractivity contribution in [2.75, 3.05) is 5.32 Å². The number of aryl methyl sites for hydroxylation is 2. The molecule has 6 heteroatoms. The summed E-state index contributed by atoms with van der Waals surface area (Å²) in [5.41, 5.74) is 2.49. The van der Waals surface area contributed by atoms with Gasteiger partial charge in [-0.15, -0.1) is 11.3 Å². The number of hydrogen-bond acceptors (Lipinski definition) is 5. The van der Waals surface area contributed by atoms with Gasteiger partial charge in [0.25, 0.3) is 5.91 Å². The summed E-state index contributed by atoms with van der Waals surface area (Å²) in [7, 11) is 0. The Hall–Kier alpha value is -2.26. The van der Waals surface area contributed by atoms with E-state index in [0.29, 0.717) is 22.1 Å². The van der Waals surface area contributed by atoms with Crippen LogP contribution in [0.1, 0.15) is 58.5 Å². The van der Waals surface area contributed by atoms with Gasteiger partial charge in [0.1, 0.15) is 11.8 Å². The molecule has 0 saturated carbocycles. The first kappa shape index (κ1) is 16.6. The van der Waals surface area contributed by atoms with E-state index in [2.05, 4.69) is 28.3 Å². The van der Waals surface area contributed by atoms with E-state index in [-0.39, 0.29) is 5.91 Å². The summed E-state index contributed by atoms with van der Waals surface area (Å²) in [5.74, 6) is 0.466.